The van der Waals surface area contributed by atoms with E-state index in [0.717, 1.165) is 31.7 Å². The molecule has 3 heteroatoms. The molecule has 0 radical (unpaired) electrons. The van der Waals surface area contributed by atoms with E-state index in [2.05, 4.69) is 26.1 Å². The Morgan fingerprint density at radius 1 is 1.10 bits per heavy atom. The van der Waals surface area contributed by atoms with Gasteiger partial charge in [0.1, 0.15) is 0 Å². The zero-order valence-electron chi connectivity index (χ0n) is 13.3. The number of rotatable bonds is 4. The van der Waals surface area contributed by atoms with Crippen LogP contribution in [0.1, 0.15) is 65.7 Å². The molecule has 2 saturated carbocycles. The summed E-state index contributed by atoms with van der Waals surface area (Å²) in [5.74, 6) is 0.505. The Morgan fingerprint density at radius 2 is 1.75 bits per heavy atom. The summed E-state index contributed by atoms with van der Waals surface area (Å²) in [5.41, 5.74) is 0.435. The van der Waals surface area contributed by atoms with Crippen LogP contribution in [0, 0.1) is 23.2 Å². The van der Waals surface area contributed by atoms with Crippen LogP contribution < -0.4 is 5.32 Å². The van der Waals surface area contributed by atoms with E-state index < -0.39 is 5.97 Å². The van der Waals surface area contributed by atoms with Gasteiger partial charge in [0.25, 0.3) is 0 Å². The van der Waals surface area contributed by atoms with Crippen molar-refractivity contribution in [3.63, 3.8) is 0 Å². The van der Waals surface area contributed by atoms with Gasteiger partial charge in [-0.2, -0.15) is 0 Å². The highest BCUT2D eigenvalue weighted by Crippen LogP contribution is 2.38. The first-order valence-corrected chi connectivity index (χ1v) is 8.34. The minimum absolute atomic E-state index is 0.103. The zero-order chi connectivity index (χ0) is 14.8. The van der Waals surface area contributed by atoms with E-state index in [1.807, 2.05) is 0 Å². The summed E-state index contributed by atoms with van der Waals surface area (Å²) in [5, 5.41) is 12.9. The van der Waals surface area contributed by atoms with Crippen LogP contribution in [0.3, 0.4) is 0 Å². The Morgan fingerprint density at radius 3 is 2.30 bits per heavy atom. The molecule has 0 bridgehead atoms. The Bertz CT molecular complexity index is 326. The quantitative estimate of drug-likeness (QED) is 0.826. The molecule has 2 aliphatic carbocycles. The minimum Gasteiger partial charge on any atom is -0.481 e. The van der Waals surface area contributed by atoms with Gasteiger partial charge in [0.15, 0.2) is 0 Å². The third-order valence-electron chi connectivity index (χ3n) is 5.60. The number of hydrogen-bond acceptors (Lipinski definition) is 2. The lowest BCUT2D eigenvalue weighted by molar-refractivity contribution is -0.142. The Kier molecular flexibility index (Phi) is 5.11. The summed E-state index contributed by atoms with van der Waals surface area (Å²) in [6.45, 7) is 7.95. The van der Waals surface area contributed by atoms with E-state index in [0.29, 0.717) is 17.4 Å². The number of aliphatic carboxylic acids is 1. The third-order valence-corrected chi connectivity index (χ3v) is 5.60. The maximum Gasteiger partial charge on any atom is 0.306 e. The molecule has 0 aromatic rings. The Hall–Kier alpha value is -0.570. The van der Waals surface area contributed by atoms with E-state index in [1.165, 1.54) is 25.7 Å². The average molecular weight is 281 g/mol. The fourth-order valence-electron chi connectivity index (χ4n) is 4.09. The number of carboxylic acids is 1. The van der Waals surface area contributed by atoms with E-state index >= 15 is 0 Å². The van der Waals surface area contributed by atoms with Crippen molar-refractivity contribution in [2.24, 2.45) is 23.2 Å². The second-order valence-electron chi connectivity index (χ2n) is 7.96. The van der Waals surface area contributed by atoms with Gasteiger partial charge in [-0.1, -0.05) is 27.2 Å². The van der Waals surface area contributed by atoms with Gasteiger partial charge in [-0.25, -0.2) is 0 Å². The second kappa shape index (κ2) is 6.46. The van der Waals surface area contributed by atoms with E-state index in [-0.39, 0.29) is 5.92 Å². The molecule has 2 aliphatic rings. The zero-order valence-corrected chi connectivity index (χ0v) is 13.3. The summed E-state index contributed by atoms with van der Waals surface area (Å²) in [6, 6.07) is 0.614. The largest absolute Gasteiger partial charge is 0.481 e. The molecule has 2 rings (SSSR count). The molecule has 20 heavy (non-hydrogen) atoms. The highest BCUT2D eigenvalue weighted by atomic mass is 16.4. The van der Waals surface area contributed by atoms with Crippen LogP contribution in [0.2, 0.25) is 0 Å². The topological polar surface area (TPSA) is 49.3 Å². The monoisotopic (exact) mass is 281 g/mol. The van der Waals surface area contributed by atoms with Crippen molar-refractivity contribution < 1.29 is 9.90 Å². The number of carbonyl (C=O) groups is 1. The molecular weight excluding hydrogens is 250 g/mol. The molecule has 0 heterocycles. The van der Waals surface area contributed by atoms with E-state index in [4.69, 9.17) is 0 Å². The molecule has 2 unspecified atom stereocenters. The van der Waals surface area contributed by atoms with Crippen molar-refractivity contribution in [1.82, 2.24) is 5.32 Å². The molecule has 0 aliphatic heterocycles. The molecule has 2 fully saturated rings. The first kappa shape index (κ1) is 15.8. The summed E-state index contributed by atoms with van der Waals surface area (Å²) in [4.78, 5) is 11.2. The molecule has 0 saturated heterocycles. The highest BCUT2D eigenvalue weighted by Gasteiger charge is 2.34. The standard InChI is InChI=1S/C17H31NO2/c1-17(2,3)13-7-9-14(10-8-13)18-11-12-5-4-6-15(12)16(19)20/h12-15,18H,4-11H2,1-3H3,(H,19,20). The molecule has 0 amide bonds. The summed E-state index contributed by atoms with van der Waals surface area (Å²) in [6.07, 6.45) is 8.18. The van der Waals surface area contributed by atoms with E-state index in [9.17, 15) is 9.90 Å². The van der Waals surface area contributed by atoms with Gasteiger partial charge in [-0.15, -0.1) is 0 Å². The van der Waals surface area contributed by atoms with Crippen molar-refractivity contribution in [1.29, 1.82) is 0 Å². The van der Waals surface area contributed by atoms with Crippen LogP contribution in [0.25, 0.3) is 0 Å². The van der Waals surface area contributed by atoms with Gasteiger partial charge in [0, 0.05) is 6.04 Å². The Balaban J connectivity index is 1.72. The predicted octanol–water partition coefficient (Wildman–Crippen LogP) is 3.68. The minimum atomic E-state index is -0.592. The SMILES string of the molecule is CC(C)(C)C1CCC(NCC2CCCC2C(=O)O)CC1. The lowest BCUT2D eigenvalue weighted by Crippen LogP contribution is -2.39. The maximum absolute atomic E-state index is 11.2. The van der Waals surface area contributed by atoms with Crippen LogP contribution in [-0.4, -0.2) is 23.7 Å². The average Bonchev–Trinajstić information content (AvgIpc) is 2.84. The first-order valence-electron chi connectivity index (χ1n) is 8.34. The maximum atomic E-state index is 11.2. The van der Waals surface area contributed by atoms with Gasteiger partial charge < -0.3 is 10.4 Å². The number of carboxylic acid groups (broad SMARTS) is 1. The molecule has 116 valence electrons. The van der Waals surface area contributed by atoms with Crippen LogP contribution >= 0.6 is 0 Å². The fourth-order valence-corrected chi connectivity index (χ4v) is 4.09. The summed E-state index contributed by atoms with van der Waals surface area (Å²) < 4.78 is 0. The first-order chi connectivity index (χ1) is 9.38. The van der Waals surface area contributed by atoms with Crippen LogP contribution in [0.5, 0.6) is 0 Å². The summed E-state index contributed by atoms with van der Waals surface area (Å²) >= 11 is 0. The fraction of sp³-hybridized carbons (Fsp3) is 0.941. The molecule has 0 spiro atoms. The molecule has 0 aromatic heterocycles. The highest BCUT2D eigenvalue weighted by molar-refractivity contribution is 5.70. The lowest BCUT2D eigenvalue weighted by Gasteiger charge is -2.37. The molecular formula is C17H31NO2. The molecule has 3 nitrogen and oxygen atoms in total. The predicted molar refractivity (Wildman–Crippen MR) is 81.7 cm³/mol. The van der Waals surface area contributed by atoms with Crippen molar-refractivity contribution in [3.05, 3.63) is 0 Å². The van der Waals surface area contributed by atoms with Crippen LogP contribution in [0.15, 0.2) is 0 Å². The Labute approximate surface area is 123 Å². The van der Waals surface area contributed by atoms with Crippen molar-refractivity contribution in [3.8, 4) is 0 Å². The van der Waals surface area contributed by atoms with Crippen molar-refractivity contribution in [2.45, 2.75) is 71.8 Å². The van der Waals surface area contributed by atoms with Gasteiger partial charge >= 0.3 is 5.97 Å². The second-order valence-corrected chi connectivity index (χ2v) is 7.96. The van der Waals surface area contributed by atoms with Crippen molar-refractivity contribution in [2.75, 3.05) is 6.54 Å². The van der Waals surface area contributed by atoms with Crippen LogP contribution in [0.4, 0.5) is 0 Å². The number of nitrogens with one attached hydrogen (secondary N) is 1. The molecule has 2 atom stereocenters. The smallest absolute Gasteiger partial charge is 0.306 e. The normalized spacial score (nSPS) is 35.1. The van der Waals surface area contributed by atoms with Gasteiger partial charge in [0.05, 0.1) is 5.92 Å². The summed E-state index contributed by atoms with van der Waals surface area (Å²) in [7, 11) is 0. The van der Waals surface area contributed by atoms with E-state index in [1.54, 1.807) is 0 Å². The van der Waals surface area contributed by atoms with Crippen LogP contribution in [-0.2, 0) is 4.79 Å². The van der Waals surface area contributed by atoms with Gasteiger partial charge in [-0.3, -0.25) is 4.79 Å². The van der Waals surface area contributed by atoms with Gasteiger partial charge in [-0.05, 0) is 62.3 Å². The lowest BCUT2D eigenvalue weighted by atomic mass is 9.71. The molecule has 0 aromatic carbocycles. The number of hydrogen-bond donors (Lipinski definition) is 2. The molecule has 2 N–H and O–H groups in total. The van der Waals surface area contributed by atoms with Gasteiger partial charge in [0.2, 0.25) is 0 Å². The van der Waals surface area contributed by atoms with Crippen molar-refractivity contribution >= 4 is 5.97 Å². The third kappa shape index (κ3) is 3.97.